The van der Waals surface area contributed by atoms with E-state index in [1.807, 2.05) is 28.0 Å². The van der Waals surface area contributed by atoms with Gasteiger partial charge in [-0.1, -0.05) is 6.07 Å². The highest BCUT2D eigenvalue weighted by molar-refractivity contribution is 5.93. The van der Waals surface area contributed by atoms with E-state index in [1.165, 1.54) is 12.3 Å². The van der Waals surface area contributed by atoms with Crippen LogP contribution in [0.15, 0.2) is 47.5 Å². The molecule has 1 atom stereocenters. The smallest absolute Gasteiger partial charge is 0.255 e. The van der Waals surface area contributed by atoms with Crippen LogP contribution in [0, 0.1) is 5.92 Å². The maximum Gasteiger partial charge on any atom is 0.255 e. The second-order valence-corrected chi connectivity index (χ2v) is 8.30. The number of pyridine rings is 2. The van der Waals surface area contributed by atoms with E-state index in [0.717, 1.165) is 57.8 Å². The molecule has 2 aliphatic heterocycles. The van der Waals surface area contributed by atoms with Crippen molar-refractivity contribution < 1.29 is 9.59 Å². The van der Waals surface area contributed by atoms with Crippen LogP contribution in [0.5, 0.6) is 0 Å². The summed E-state index contributed by atoms with van der Waals surface area (Å²) in [4.78, 5) is 49.6. The number of hydrogen-bond acceptors (Lipinski definition) is 5. The number of anilines is 1. The third-order valence-corrected chi connectivity index (χ3v) is 6.21. The van der Waals surface area contributed by atoms with Gasteiger partial charge in [-0.3, -0.25) is 14.4 Å². The van der Waals surface area contributed by atoms with Gasteiger partial charge in [-0.05, 0) is 43.4 Å². The maximum atomic E-state index is 12.7. The SMILES string of the molecule is O=C(CC[C@@H]1CCCN(C(=O)c2ccc(=O)[nH]c2)C1)N1CCN(c2ccccn2)CC1. The number of nitrogens with zero attached hydrogens (tertiary/aromatic N) is 4. The number of nitrogens with one attached hydrogen (secondary N) is 1. The molecule has 0 aliphatic carbocycles. The van der Waals surface area contributed by atoms with E-state index in [4.69, 9.17) is 0 Å². The van der Waals surface area contributed by atoms with E-state index in [-0.39, 0.29) is 17.4 Å². The number of piperidine rings is 1. The molecular weight excluding hydrogens is 394 g/mol. The fraction of sp³-hybridized carbons (Fsp3) is 0.478. The molecule has 8 nitrogen and oxygen atoms in total. The first-order valence-electron chi connectivity index (χ1n) is 11.0. The molecule has 2 fully saturated rings. The van der Waals surface area contributed by atoms with Gasteiger partial charge in [0.25, 0.3) is 5.91 Å². The zero-order valence-corrected chi connectivity index (χ0v) is 17.7. The van der Waals surface area contributed by atoms with E-state index < -0.39 is 0 Å². The Hall–Kier alpha value is -3.16. The molecule has 2 amide bonds. The Morgan fingerprint density at radius 3 is 2.58 bits per heavy atom. The molecule has 2 aliphatic rings. The summed E-state index contributed by atoms with van der Waals surface area (Å²) in [6.07, 6.45) is 6.57. The van der Waals surface area contributed by atoms with Crippen molar-refractivity contribution in [2.24, 2.45) is 5.92 Å². The van der Waals surface area contributed by atoms with Gasteiger partial charge in [0, 0.05) is 64.1 Å². The highest BCUT2D eigenvalue weighted by Gasteiger charge is 2.27. The first-order valence-corrected chi connectivity index (χ1v) is 11.0. The monoisotopic (exact) mass is 423 g/mol. The Morgan fingerprint density at radius 2 is 1.87 bits per heavy atom. The summed E-state index contributed by atoms with van der Waals surface area (Å²) < 4.78 is 0. The zero-order chi connectivity index (χ0) is 21.6. The van der Waals surface area contributed by atoms with Crippen LogP contribution in [0.2, 0.25) is 0 Å². The quantitative estimate of drug-likeness (QED) is 0.791. The molecule has 4 heterocycles. The van der Waals surface area contributed by atoms with Gasteiger partial charge in [0.05, 0.1) is 5.56 Å². The number of aromatic amines is 1. The van der Waals surface area contributed by atoms with Crippen molar-refractivity contribution in [2.45, 2.75) is 25.7 Å². The van der Waals surface area contributed by atoms with Gasteiger partial charge in [0.2, 0.25) is 11.5 Å². The fourth-order valence-corrected chi connectivity index (χ4v) is 4.42. The summed E-state index contributed by atoms with van der Waals surface area (Å²) in [7, 11) is 0. The molecule has 164 valence electrons. The number of carbonyl (C=O) groups is 2. The first kappa shape index (κ1) is 21.1. The van der Waals surface area contributed by atoms with Crippen LogP contribution < -0.4 is 10.5 Å². The van der Waals surface area contributed by atoms with Crippen molar-refractivity contribution in [2.75, 3.05) is 44.2 Å². The minimum Gasteiger partial charge on any atom is -0.353 e. The van der Waals surface area contributed by atoms with Crippen LogP contribution in [-0.4, -0.2) is 70.9 Å². The van der Waals surface area contributed by atoms with Gasteiger partial charge in [0.15, 0.2) is 0 Å². The number of hydrogen-bond donors (Lipinski definition) is 1. The van der Waals surface area contributed by atoms with E-state index >= 15 is 0 Å². The van der Waals surface area contributed by atoms with Crippen LogP contribution in [0.1, 0.15) is 36.0 Å². The van der Waals surface area contributed by atoms with E-state index in [0.29, 0.717) is 24.4 Å². The van der Waals surface area contributed by atoms with Crippen LogP contribution in [-0.2, 0) is 4.79 Å². The average Bonchev–Trinajstić information content (AvgIpc) is 2.83. The standard InChI is InChI=1S/C23H29N5O3/c29-21-8-7-19(16-25-21)23(31)28-11-3-4-18(17-28)6-9-22(30)27-14-12-26(13-15-27)20-5-1-2-10-24-20/h1-2,5,7-8,10,16,18H,3-4,6,9,11-15,17H2,(H,25,29)/t18-/m0/s1. The van der Waals surface area contributed by atoms with Crippen molar-refractivity contribution in [3.63, 3.8) is 0 Å². The molecule has 4 rings (SSSR count). The minimum absolute atomic E-state index is 0.0575. The number of piperazine rings is 1. The summed E-state index contributed by atoms with van der Waals surface area (Å²) in [6, 6.07) is 8.83. The molecule has 0 radical (unpaired) electrons. The van der Waals surface area contributed by atoms with Crippen molar-refractivity contribution in [3.8, 4) is 0 Å². The summed E-state index contributed by atoms with van der Waals surface area (Å²) in [6.45, 7) is 4.42. The topological polar surface area (TPSA) is 89.6 Å². The molecule has 1 N–H and O–H groups in total. The second kappa shape index (κ2) is 9.76. The Balaban J connectivity index is 1.23. The predicted molar refractivity (Wildman–Crippen MR) is 118 cm³/mol. The number of likely N-dealkylation sites (tertiary alicyclic amines) is 1. The lowest BCUT2D eigenvalue weighted by Gasteiger charge is -2.36. The van der Waals surface area contributed by atoms with Crippen molar-refractivity contribution in [1.29, 1.82) is 0 Å². The third-order valence-electron chi connectivity index (χ3n) is 6.21. The number of carbonyl (C=O) groups excluding carboxylic acids is 2. The lowest BCUT2D eigenvalue weighted by Crippen LogP contribution is -2.49. The van der Waals surface area contributed by atoms with Crippen LogP contribution in [0.25, 0.3) is 0 Å². The van der Waals surface area contributed by atoms with Crippen molar-refractivity contribution in [1.82, 2.24) is 19.8 Å². The van der Waals surface area contributed by atoms with E-state index in [1.54, 1.807) is 12.3 Å². The summed E-state index contributed by atoms with van der Waals surface area (Å²) >= 11 is 0. The molecule has 0 aromatic carbocycles. The lowest BCUT2D eigenvalue weighted by atomic mass is 9.92. The Bertz CT molecular complexity index is 933. The largest absolute Gasteiger partial charge is 0.353 e. The van der Waals surface area contributed by atoms with E-state index in [2.05, 4.69) is 14.9 Å². The van der Waals surface area contributed by atoms with Crippen molar-refractivity contribution >= 4 is 17.6 Å². The summed E-state index contributed by atoms with van der Waals surface area (Å²) in [5, 5.41) is 0. The average molecular weight is 424 g/mol. The molecule has 0 saturated carbocycles. The number of aromatic nitrogens is 2. The molecule has 2 aromatic rings. The molecule has 0 unspecified atom stereocenters. The summed E-state index contributed by atoms with van der Waals surface area (Å²) in [5.41, 5.74) is 0.287. The Kier molecular flexibility index (Phi) is 6.64. The van der Waals surface area contributed by atoms with Crippen LogP contribution >= 0.6 is 0 Å². The summed E-state index contributed by atoms with van der Waals surface area (Å²) in [5.74, 6) is 1.44. The number of rotatable bonds is 5. The van der Waals surface area contributed by atoms with Gasteiger partial charge in [-0.15, -0.1) is 0 Å². The molecule has 2 saturated heterocycles. The first-order chi connectivity index (χ1) is 15.1. The van der Waals surface area contributed by atoms with Crippen molar-refractivity contribution in [3.05, 3.63) is 58.6 Å². The van der Waals surface area contributed by atoms with Gasteiger partial charge in [-0.25, -0.2) is 4.98 Å². The zero-order valence-electron chi connectivity index (χ0n) is 17.7. The van der Waals surface area contributed by atoms with Gasteiger partial charge < -0.3 is 19.7 Å². The van der Waals surface area contributed by atoms with E-state index in [9.17, 15) is 14.4 Å². The molecule has 8 heteroatoms. The molecule has 31 heavy (non-hydrogen) atoms. The highest BCUT2D eigenvalue weighted by Crippen LogP contribution is 2.23. The molecule has 0 bridgehead atoms. The fourth-order valence-electron chi connectivity index (χ4n) is 4.42. The molecule has 0 spiro atoms. The van der Waals surface area contributed by atoms with Crippen LogP contribution in [0.3, 0.4) is 0 Å². The number of H-pyrrole nitrogens is 1. The Labute approximate surface area is 181 Å². The maximum absolute atomic E-state index is 12.7. The third kappa shape index (κ3) is 5.31. The van der Waals surface area contributed by atoms with Gasteiger partial charge >= 0.3 is 0 Å². The highest BCUT2D eigenvalue weighted by atomic mass is 16.2. The predicted octanol–water partition coefficient (Wildman–Crippen LogP) is 1.75. The van der Waals surface area contributed by atoms with Gasteiger partial charge in [0.1, 0.15) is 5.82 Å². The second-order valence-electron chi connectivity index (χ2n) is 8.30. The minimum atomic E-state index is -0.215. The number of amides is 2. The Morgan fingerprint density at radius 1 is 1.03 bits per heavy atom. The normalized spacial score (nSPS) is 19.4. The lowest BCUT2D eigenvalue weighted by molar-refractivity contribution is -0.131. The van der Waals surface area contributed by atoms with Crippen LogP contribution in [0.4, 0.5) is 5.82 Å². The molecule has 2 aromatic heterocycles. The van der Waals surface area contributed by atoms with Gasteiger partial charge in [-0.2, -0.15) is 0 Å². The molecular formula is C23H29N5O3.